The molecule has 0 radical (unpaired) electrons. The molecule has 1 N–H and O–H groups in total. The summed E-state index contributed by atoms with van der Waals surface area (Å²) in [6, 6.07) is 4.73. The van der Waals surface area contributed by atoms with Crippen molar-refractivity contribution >= 4 is 0 Å². The number of methoxy groups -OCH3 is 1. The van der Waals surface area contributed by atoms with Gasteiger partial charge in [-0.25, -0.2) is 4.39 Å². The maximum Gasteiger partial charge on any atom is 0.161 e. The number of halogens is 1. The Hall–Kier alpha value is -1.88. The van der Waals surface area contributed by atoms with Crippen LogP contribution in [0.4, 0.5) is 4.39 Å². The summed E-state index contributed by atoms with van der Waals surface area (Å²) in [7, 11) is 3.50. The molecule has 0 bridgehead atoms. The lowest BCUT2D eigenvalue weighted by atomic mass is 9.98. The van der Waals surface area contributed by atoms with Crippen LogP contribution < -0.4 is 10.1 Å². The highest BCUT2D eigenvalue weighted by Gasteiger charge is 2.23. The van der Waals surface area contributed by atoms with Gasteiger partial charge in [0, 0.05) is 6.54 Å². The molecule has 108 valence electrons. The lowest BCUT2D eigenvalue weighted by Crippen LogP contribution is -2.23. The molecule has 1 unspecified atom stereocenters. The summed E-state index contributed by atoms with van der Waals surface area (Å²) in [4.78, 5) is 0. The van der Waals surface area contributed by atoms with Gasteiger partial charge in [-0.3, -0.25) is 4.68 Å². The standard InChI is InChI=1S/C15H20FN3O/c1-5-19-15(13(20-4)9-18-19)14(17-3)12-7-6-11(16)8-10(12)2/h6-9,14,17H,5H2,1-4H3. The first-order chi connectivity index (χ1) is 9.62. The Bertz CT molecular complexity index is 573. The van der Waals surface area contributed by atoms with Crippen molar-refractivity contribution in [2.45, 2.75) is 26.4 Å². The summed E-state index contributed by atoms with van der Waals surface area (Å²) in [6.45, 7) is 4.68. The van der Waals surface area contributed by atoms with Gasteiger partial charge in [0.05, 0.1) is 19.3 Å². The molecule has 0 saturated carbocycles. The van der Waals surface area contributed by atoms with E-state index in [0.717, 1.165) is 29.1 Å². The van der Waals surface area contributed by atoms with Gasteiger partial charge in [0.15, 0.2) is 5.75 Å². The normalized spacial score (nSPS) is 12.4. The van der Waals surface area contributed by atoms with Gasteiger partial charge in [0.25, 0.3) is 0 Å². The van der Waals surface area contributed by atoms with Crippen molar-refractivity contribution < 1.29 is 9.13 Å². The van der Waals surface area contributed by atoms with Crippen LogP contribution in [0.15, 0.2) is 24.4 Å². The Morgan fingerprint density at radius 1 is 1.45 bits per heavy atom. The Labute approximate surface area is 118 Å². The second-order valence-electron chi connectivity index (χ2n) is 4.64. The number of rotatable bonds is 5. The summed E-state index contributed by atoms with van der Waals surface area (Å²) in [5, 5.41) is 7.59. The maximum absolute atomic E-state index is 13.3. The molecule has 20 heavy (non-hydrogen) atoms. The first-order valence-corrected chi connectivity index (χ1v) is 6.65. The van der Waals surface area contributed by atoms with Gasteiger partial charge in [-0.2, -0.15) is 5.10 Å². The largest absolute Gasteiger partial charge is 0.493 e. The fourth-order valence-electron chi connectivity index (χ4n) is 2.48. The molecule has 0 aliphatic heterocycles. The number of benzene rings is 1. The van der Waals surface area contributed by atoms with E-state index in [1.165, 1.54) is 6.07 Å². The van der Waals surface area contributed by atoms with Crippen LogP contribution in [-0.2, 0) is 6.54 Å². The Kier molecular flexibility index (Phi) is 4.39. The average Bonchev–Trinajstić information content (AvgIpc) is 2.85. The van der Waals surface area contributed by atoms with Crippen LogP contribution >= 0.6 is 0 Å². The topological polar surface area (TPSA) is 39.1 Å². The highest BCUT2D eigenvalue weighted by molar-refractivity contribution is 5.40. The third kappa shape index (κ3) is 2.54. The van der Waals surface area contributed by atoms with Gasteiger partial charge >= 0.3 is 0 Å². The lowest BCUT2D eigenvalue weighted by Gasteiger charge is -2.21. The first kappa shape index (κ1) is 14.5. The smallest absolute Gasteiger partial charge is 0.161 e. The number of nitrogens with zero attached hydrogens (tertiary/aromatic N) is 2. The van der Waals surface area contributed by atoms with E-state index in [0.29, 0.717) is 0 Å². The molecule has 4 nitrogen and oxygen atoms in total. The Morgan fingerprint density at radius 3 is 2.75 bits per heavy atom. The van der Waals surface area contributed by atoms with E-state index in [1.807, 2.05) is 25.6 Å². The van der Waals surface area contributed by atoms with Gasteiger partial charge in [-0.1, -0.05) is 6.07 Å². The SMILES string of the molecule is CCn1ncc(OC)c1C(NC)c1ccc(F)cc1C. The molecule has 0 aliphatic carbocycles. The van der Waals surface area contributed by atoms with Gasteiger partial charge in [-0.15, -0.1) is 0 Å². The maximum atomic E-state index is 13.3. The van der Waals surface area contributed by atoms with Crippen molar-refractivity contribution in [1.29, 1.82) is 0 Å². The second kappa shape index (κ2) is 6.05. The molecular formula is C15H20FN3O. The number of ether oxygens (including phenoxy) is 1. The van der Waals surface area contributed by atoms with Crippen LogP contribution in [0.5, 0.6) is 5.75 Å². The quantitative estimate of drug-likeness (QED) is 0.913. The van der Waals surface area contributed by atoms with E-state index in [1.54, 1.807) is 25.4 Å². The third-order valence-corrected chi connectivity index (χ3v) is 3.47. The van der Waals surface area contributed by atoms with Crippen LogP contribution in [0.3, 0.4) is 0 Å². The van der Waals surface area contributed by atoms with Gasteiger partial charge < -0.3 is 10.1 Å². The Balaban J connectivity index is 2.54. The van der Waals surface area contributed by atoms with Crippen LogP contribution in [0, 0.1) is 12.7 Å². The fraction of sp³-hybridized carbons (Fsp3) is 0.400. The third-order valence-electron chi connectivity index (χ3n) is 3.47. The van der Waals surface area contributed by atoms with Crippen molar-refractivity contribution in [3.63, 3.8) is 0 Å². The van der Waals surface area contributed by atoms with E-state index in [9.17, 15) is 4.39 Å². The predicted molar refractivity (Wildman–Crippen MR) is 76.5 cm³/mol. The minimum atomic E-state index is -0.225. The molecular weight excluding hydrogens is 257 g/mol. The number of hydrogen-bond donors (Lipinski definition) is 1. The summed E-state index contributed by atoms with van der Waals surface area (Å²) >= 11 is 0. The molecule has 0 spiro atoms. The second-order valence-corrected chi connectivity index (χ2v) is 4.64. The van der Waals surface area contributed by atoms with Crippen molar-refractivity contribution in [3.8, 4) is 5.75 Å². The molecule has 1 aromatic heterocycles. The van der Waals surface area contributed by atoms with Gasteiger partial charge in [0.1, 0.15) is 11.5 Å². The number of nitrogens with one attached hydrogen (secondary N) is 1. The van der Waals surface area contributed by atoms with E-state index >= 15 is 0 Å². The van der Waals surface area contributed by atoms with Gasteiger partial charge in [-0.05, 0) is 44.2 Å². The van der Waals surface area contributed by atoms with Crippen molar-refractivity contribution in [2.24, 2.45) is 0 Å². The summed E-state index contributed by atoms with van der Waals surface area (Å²) in [5.41, 5.74) is 2.87. The molecule has 0 amide bonds. The molecule has 0 saturated heterocycles. The van der Waals surface area contributed by atoms with Crippen LogP contribution in [-0.4, -0.2) is 23.9 Å². The first-order valence-electron chi connectivity index (χ1n) is 6.65. The molecule has 2 rings (SSSR count). The van der Waals surface area contributed by atoms with E-state index in [-0.39, 0.29) is 11.9 Å². The zero-order valence-electron chi connectivity index (χ0n) is 12.3. The van der Waals surface area contributed by atoms with Crippen molar-refractivity contribution in [3.05, 3.63) is 47.0 Å². The number of aromatic nitrogens is 2. The molecule has 0 aliphatic rings. The summed E-state index contributed by atoms with van der Waals surface area (Å²) < 4.78 is 20.6. The van der Waals surface area contributed by atoms with Crippen molar-refractivity contribution in [2.75, 3.05) is 14.2 Å². The Morgan fingerprint density at radius 2 is 2.20 bits per heavy atom. The fourth-order valence-corrected chi connectivity index (χ4v) is 2.48. The zero-order chi connectivity index (χ0) is 14.7. The van der Waals surface area contributed by atoms with Crippen LogP contribution in [0.2, 0.25) is 0 Å². The molecule has 1 aromatic carbocycles. The molecule has 1 atom stereocenters. The van der Waals surface area contributed by atoms with Crippen molar-refractivity contribution in [1.82, 2.24) is 15.1 Å². The highest BCUT2D eigenvalue weighted by atomic mass is 19.1. The molecule has 0 fully saturated rings. The van der Waals surface area contributed by atoms with E-state index < -0.39 is 0 Å². The molecule has 5 heteroatoms. The van der Waals surface area contributed by atoms with Crippen LogP contribution in [0.25, 0.3) is 0 Å². The minimum absolute atomic E-state index is 0.0898. The molecule has 1 heterocycles. The predicted octanol–water partition coefficient (Wildman–Crippen LogP) is 2.67. The van der Waals surface area contributed by atoms with Crippen LogP contribution in [0.1, 0.15) is 29.8 Å². The van der Waals surface area contributed by atoms with Gasteiger partial charge in [0.2, 0.25) is 0 Å². The zero-order valence-corrected chi connectivity index (χ0v) is 12.3. The molecule has 2 aromatic rings. The summed E-state index contributed by atoms with van der Waals surface area (Å²) in [5.74, 6) is 0.506. The van der Waals surface area contributed by atoms with E-state index in [4.69, 9.17) is 4.74 Å². The minimum Gasteiger partial charge on any atom is -0.493 e. The monoisotopic (exact) mass is 277 g/mol. The number of aryl methyl sites for hydroxylation is 2. The summed E-state index contributed by atoms with van der Waals surface area (Å²) in [6.07, 6.45) is 1.71. The van der Waals surface area contributed by atoms with E-state index in [2.05, 4.69) is 10.4 Å². The highest BCUT2D eigenvalue weighted by Crippen LogP contribution is 2.31. The average molecular weight is 277 g/mol. The number of hydrogen-bond acceptors (Lipinski definition) is 3. The lowest BCUT2D eigenvalue weighted by molar-refractivity contribution is 0.401.